The third-order valence-corrected chi connectivity index (χ3v) is 4.06. The van der Waals surface area contributed by atoms with Crippen LogP contribution in [0.5, 0.6) is 0 Å². The summed E-state index contributed by atoms with van der Waals surface area (Å²) >= 11 is 6.07. The molecular weight excluding hydrogens is 280 g/mol. The van der Waals surface area contributed by atoms with E-state index >= 15 is 0 Å². The Morgan fingerprint density at radius 1 is 1.45 bits per heavy atom. The van der Waals surface area contributed by atoms with Gasteiger partial charge >= 0.3 is 0 Å². The third-order valence-electron chi connectivity index (χ3n) is 3.68. The van der Waals surface area contributed by atoms with Gasteiger partial charge in [0.1, 0.15) is 10.8 Å². The minimum atomic E-state index is -1.03. The maximum absolute atomic E-state index is 12.2. The van der Waals surface area contributed by atoms with Crippen molar-refractivity contribution in [2.45, 2.75) is 45.3 Å². The van der Waals surface area contributed by atoms with Gasteiger partial charge in [0.2, 0.25) is 0 Å². The summed E-state index contributed by atoms with van der Waals surface area (Å²) in [6.45, 7) is 5.96. The van der Waals surface area contributed by atoms with Gasteiger partial charge in [0.15, 0.2) is 12.0 Å². The lowest BCUT2D eigenvalue weighted by Gasteiger charge is -2.19. The summed E-state index contributed by atoms with van der Waals surface area (Å²) in [5, 5.41) is 14.4. The predicted molar refractivity (Wildman–Crippen MR) is 74.3 cm³/mol. The molecule has 2 aliphatic rings. The Hall–Kier alpha value is -1.33. The largest absolute Gasteiger partial charge is 0.369 e. The molecule has 1 aliphatic carbocycles. The van der Waals surface area contributed by atoms with Crippen molar-refractivity contribution in [3.05, 3.63) is 22.4 Å². The van der Waals surface area contributed by atoms with E-state index in [1.54, 1.807) is 6.07 Å². The molecule has 20 heavy (non-hydrogen) atoms. The molecule has 1 aliphatic heterocycles. The molecule has 1 aromatic heterocycles. The Bertz CT molecular complexity index is 596. The number of carbonyl (C=O) groups excluding carboxylic acids is 1. The average molecular weight is 297 g/mol. The van der Waals surface area contributed by atoms with E-state index in [0.29, 0.717) is 17.2 Å². The molecule has 0 saturated heterocycles. The monoisotopic (exact) mass is 296 g/mol. The molecule has 2 heterocycles. The standard InChI is InChI=1S/C14H17ClN2O3/c1-14(2,3)8-6-9(16-20-8)17-12(18)10(7-4-5-7)11(15)13(17)19/h6-7,12,18H,4-5H2,1-3H3. The molecule has 108 valence electrons. The van der Waals surface area contributed by atoms with Gasteiger partial charge in [-0.3, -0.25) is 9.69 Å². The van der Waals surface area contributed by atoms with E-state index in [1.165, 1.54) is 4.90 Å². The zero-order valence-electron chi connectivity index (χ0n) is 11.7. The Kier molecular flexibility index (Phi) is 2.95. The number of carbonyl (C=O) groups is 1. The fourth-order valence-electron chi connectivity index (χ4n) is 2.34. The van der Waals surface area contributed by atoms with Gasteiger partial charge in [-0.05, 0) is 18.8 Å². The van der Waals surface area contributed by atoms with E-state index in [0.717, 1.165) is 12.8 Å². The zero-order valence-corrected chi connectivity index (χ0v) is 12.4. The fourth-order valence-corrected chi connectivity index (χ4v) is 2.68. The lowest BCUT2D eigenvalue weighted by atomic mass is 9.93. The second kappa shape index (κ2) is 4.33. The average Bonchev–Trinajstić information content (AvgIpc) is 2.98. The van der Waals surface area contributed by atoms with Crippen LogP contribution in [0.4, 0.5) is 5.82 Å². The Morgan fingerprint density at radius 3 is 2.60 bits per heavy atom. The first-order valence-electron chi connectivity index (χ1n) is 6.69. The van der Waals surface area contributed by atoms with Gasteiger partial charge in [0.05, 0.1) is 0 Å². The summed E-state index contributed by atoms with van der Waals surface area (Å²) in [7, 11) is 0. The first-order valence-corrected chi connectivity index (χ1v) is 7.07. The quantitative estimate of drug-likeness (QED) is 0.911. The van der Waals surface area contributed by atoms with Gasteiger partial charge < -0.3 is 9.63 Å². The number of anilines is 1. The van der Waals surface area contributed by atoms with Gasteiger partial charge in [-0.1, -0.05) is 37.5 Å². The van der Waals surface area contributed by atoms with Gasteiger partial charge in [-0.2, -0.15) is 0 Å². The molecule has 5 nitrogen and oxygen atoms in total. The van der Waals surface area contributed by atoms with Gasteiger partial charge in [-0.25, -0.2) is 0 Å². The minimum Gasteiger partial charge on any atom is -0.369 e. The van der Waals surface area contributed by atoms with Crippen LogP contribution >= 0.6 is 11.6 Å². The van der Waals surface area contributed by atoms with Crippen LogP contribution in [0.15, 0.2) is 21.2 Å². The lowest BCUT2D eigenvalue weighted by Crippen LogP contribution is -2.36. The van der Waals surface area contributed by atoms with Gasteiger partial charge in [-0.15, -0.1) is 0 Å². The van der Waals surface area contributed by atoms with Gasteiger partial charge in [0, 0.05) is 17.1 Å². The van der Waals surface area contributed by atoms with Crippen molar-refractivity contribution >= 4 is 23.3 Å². The SMILES string of the molecule is CC(C)(C)c1cc(N2C(=O)C(Cl)=C(C3CC3)C2O)no1. The molecule has 0 radical (unpaired) electrons. The topological polar surface area (TPSA) is 66.6 Å². The number of aliphatic hydroxyl groups is 1. The summed E-state index contributed by atoms with van der Waals surface area (Å²) in [4.78, 5) is 13.4. The highest BCUT2D eigenvalue weighted by molar-refractivity contribution is 6.45. The smallest absolute Gasteiger partial charge is 0.273 e. The number of rotatable bonds is 2. The van der Waals surface area contributed by atoms with Crippen LogP contribution in [0.2, 0.25) is 0 Å². The molecule has 1 atom stereocenters. The molecular formula is C14H17ClN2O3. The van der Waals surface area contributed by atoms with Crippen LogP contribution in [-0.4, -0.2) is 22.4 Å². The molecule has 1 fully saturated rings. The Morgan fingerprint density at radius 2 is 2.10 bits per heavy atom. The van der Waals surface area contributed by atoms with Crippen LogP contribution in [0.3, 0.4) is 0 Å². The number of halogens is 1. The second-order valence-electron chi connectivity index (χ2n) is 6.39. The number of hydrogen-bond donors (Lipinski definition) is 1. The van der Waals surface area contributed by atoms with E-state index in [9.17, 15) is 9.90 Å². The summed E-state index contributed by atoms with van der Waals surface area (Å²) in [6.07, 6.45) is 0.909. The van der Waals surface area contributed by atoms with Crippen molar-refractivity contribution in [2.24, 2.45) is 5.92 Å². The summed E-state index contributed by atoms with van der Waals surface area (Å²) in [5.41, 5.74) is 0.409. The predicted octanol–water partition coefficient (Wildman–Crippen LogP) is 2.54. The summed E-state index contributed by atoms with van der Waals surface area (Å²) in [5.74, 6) is 0.778. The van der Waals surface area contributed by atoms with Crippen molar-refractivity contribution in [3.63, 3.8) is 0 Å². The summed E-state index contributed by atoms with van der Waals surface area (Å²) < 4.78 is 5.27. The first-order chi connectivity index (χ1) is 9.30. The molecule has 1 saturated carbocycles. The molecule has 1 amide bonds. The summed E-state index contributed by atoms with van der Waals surface area (Å²) in [6, 6.07) is 1.68. The van der Waals surface area contributed by atoms with Gasteiger partial charge in [0.25, 0.3) is 5.91 Å². The molecule has 1 unspecified atom stereocenters. The Labute approximate surface area is 122 Å². The maximum Gasteiger partial charge on any atom is 0.273 e. The molecule has 0 bridgehead atoms. The van der Waals surface area contributed by atoms with Crippen LogP contribution in [0.25, 0.3) is 0 Å². The fraction of sp³-hybridized carbons (Fsp3) is 0.571. The highest BCUT2D eigenvalue weighted by Gasteiger charge is 2.46. The maximum atomic E-state index is 12.2. The van der Waals surface area contributed by atoms with Crippen LogP contribution < -0.4 is 4.90 Å². The molecule has 6 heteroatoms. The van der Waals surface area contributed by atoms with E-state index in [-0.39, 0.29) is 16.4 Å². The number of aromatic nitrogens is 1. The number of amides is 1. The lowest BCUT2D eigenvalue weighted by molar-refractivity contribution is -0.115. The van der Waals surface area contributed by atoms with Crippen molar-refractivity contribution in [2.75, 3.05) is 4.90 Å². The third kappa shape index (κ3) is 2.05. The van der Waals surface area contributed by atoms with E-state index in [2.05, 4.69) is 5.16 Å². The normalized spacial score (nSPS) is 23.9. The van der Waals surface area contributed by atoms with Crippen LogP contribution in [0, 0.1) is 5.92 Å². The second-order valence-corrected chi connectivity index (χ2v) is 6.77. The number of hydrogen-bond acceptors (Lipinski definition) is 4. The highest BCUT2D eigenvalue weighted by Crippen LogP contribution is 2.45. The number of aliphatic hydroxyl groups excluding tert-OH is 1. The zero-order chi connectivity index (χ0) is 14.7. The minimum absolute atomic E-state index is 0.125. The molecule has 0 spiro atoms. The van der Waals surface area contributed by atoms with E-state index in [1.807, 2.05) is 20.8 Å². The molecule has 0 aromatic carbocycles. The van der Waals surface area contributed by atoms with E-state index < -0.39 is 12.1 Å². The first kappa shape index (κ1) is 13.6. The highest BCUT2D eigenvalue weighted by atomic mass is 35.5. The van der Waals surface area contributed by atoms with E-state index in [4.69, 9.17) is 16.1 Å². The van der Waals surface area contributed by atoms with Crippen LogP contribution in [0.1, 0.15) is 39.4 Å². The van der Waals surface area contributed by atoms with Crippen LogP contribution in [-0.2, 0) is 10.2 Å². The molecule has 1 aromatic rings. The van der Waals surface area contributed by atoms with Crippen molar-refractivity contribution < 1.29 is 14.4 Å². The Balaban J connectivity index is 1.92. The van der Waals surface area contributed by atoms with Crippen molar-refractivity contribution in [1.82, 2.24) is 5.16 Å². The number of nitrogens with zero attached hydrogens (tertiary/aromatic N) is 2. The molecule has 1 N–H and O–H groups in total. The van der Waals surface area contributed by atoms with Crippen molar-refractivity contribution in [1.29, 1.82) is 0 Å². The van der Waals surface area contributed by atoms with Crippen molar-refractivity contribution in [3.8, 4) is 0 Å². The molecule has 3 rings (SSSR count).